The van der Waals surface area contributed by atoms with Crippen molar-refractivity contribution in [3.8, 4) is 0 Å². The van der Waals surface area contributed by atoms with Gasteiger partial charge in [0.2, 0.25) is 0 Å². The van der Waals surface area contributed by atoms with E-state index < -0.39 is 0 Å². The molecule has 1 amide bonds. The van der Waals surface area contributed by atoms with Gasteiger partial charge in [-0.1, -0.05) is 29.3 Å². The van der Waals surface area contributed by atoms with Crippen LogP contribution in [0, 0.1) is 6.92 Å². The smallest absolute Gasteiger partial charge is 0.267 e. The van der Waals surface area contributed by atoms with E-state index in [-0.39, 0.29) is 5.91 Å². The zero-order chi connectivity index (χ0) is 13.3. The van der Waals surface area contributed by atoms with Crippen molar-refractivity contribution in [1.29, 1.82) is 0 Å². The van der Waals surface area contributed by atoms with Gasteiger partial charge in [0.25, 0.3) is 5.91 Å². The number of nitrogens with two attached hydrogens (primary N) is 1. The van der Waals surface area contributed by atoms with E-state index in [1.165, 1.54) is 11.3 Å². The number of amides is 1. The van der Waals surface area contributed by atoms with Crippen LogP contribution in [-0.2, 0) is 0 Å². The molecule has 2 rings (SSSR count). The van der Waals surface area contributed by atoms with Gasteiger partial charge in [-0.15, -0.1) is 11.3 Å². The highest BCUT2D eigenvalue weighted by atomic mass is 35.5. The zero-order valence-electron chi connectivity index (χ0n) is 9.46. The van der Waals surface area contributed by atoms with Crippen LogP contribution in [0.25, 0.3) is 0 Å². The fraction of sp³-hybridized carbons (Fsp3) is 0.0833. The third kappa shape index (κ3) is 2.46. The Labute approximate surface area is 119 Å². The molecule has 6 heteroatoms. The Hall–Kier alpha value is -1.23. The van der Waals surface area contributed by atoms with E-state index in [4.69, 9.17) is 28.9 Å². The lowest BCUT2D eigenvalue weighted by molar-refractivity contribution is 0.103. The third-order valence-electron chi connectivity index (χ3n) is 2.42. The first-order chi connectivity index (χ1) is 8.50. The Morgan fingerprint density at radius 1 is 1.33 bits per heavy atom. The minimum atomic E-state index is -0.308. The maximum absolute atomic E-state index is 12.0. The number of thiophene rings is 1. The van der Waals surface area contributed by atoms with Gasteiger partial charge < -0.3 is 11.1 Å². The number of anilines is 2. The highest BCUT2D eigenvalue weighted by Gasteiger charge is 2.15. The van der Waals surface area contributed by atoms with Crippen LogP contribution >= 0.6 is 34.5 Å². The molecular formula is C12H10Cl2N2OS. The van der Waals surface area contributed by atoms with Crippen LogP contribution in [0.1, 0.15) is 15.2 Å². The lowest BCUT2D eigenvalue weighted by Crippen LogP contribution is -2.12. The van der Waals surface area contributed by atoms with Crippen molar-refractivity contribution in [3.05, 3.63) is 44.1 Å². The summed E-state index contributed by atoms with van der Waals surface area (Å²) >= 11 is 13.4. The molecule has 3 N–H and O–H groups in total. The van der Waals surface area contributed by atoms with Crippen LogP contribution in [0.3, 0.4) is 0 Å². The predicted molar refractivity (Wildman–Crippen MR) is 77.9 cm³/mol. The van der Waals surface area contributed by atoms with E-state index >= 15 is 0 Å². The molecule has 0 unspecified atom stereocenters. The number of carbonyl (C=O) groups is 1. The lowest BCUT2D eigenvalue weighted by Gasteiger charge is -2.10. The maximum Gasteiger partial charge on any atom is 0.267 e. The van der Waals surface area contributed by atoms with Gasteiger partial charge in [-0.2, -0.15) is 0 Å². The summed E-state index contributed by atoms with van der Waals surface area (Å²) in [6, 6.07) is 5.16. The summed E-state index contributed by atoms with van der Waals surface area (Å²) < 4.78 is 0. The molecule has 0 saturated carbocycles. The Balaban J connectivity index is 2.33. The SMILES string of the molecule is Cc1ccc(Cl)c(NC(=O)c2sccc2N)c1Cl. The Morgan fingerprint density at radius 3 is 2.67 bits per heavy atom. The second-order valence-electron chi connectivity index (χ2n) is 3.71. The molecule has 18 heavy (non-hydrogen) atoms. The fourth-order valence-corrected chi connectivity index (χ4v) is 2.62. The number of nitrogens with one attached hydrogen (secondary N) is 1. The fourth-order valence-electron chi connectivity index (χ4n) is 1.45. The summed E-state index contributed by atoms with van der Waals surface area (Å²) in [5, 5.41) is 5.28. The monoisotopic (exact) mass is 300 g/mol. The number of hydrogen-bond donors (Lipinski definition) is 2. The molecule has 0 spiro atoms. The topological polar surface area (TPSA) is 55.1 Å². The van der Waals surface area contributed by atoms with Crippen LogP contribution in [-0.4, -0.2) is 5.91 Å². The van der Waals surface area contributed by atoms with Gasteiger partial charge in [-0.25, -0.2) is 0 Å². The van der Waals surface area contributed by atoms with Crippen LogP contribution < -0.4 is 11.1 Å². The van der Waals surface area contributed by atoms with Gasteiger partial charge in [0.05, 0.1) is 21.4 Å². The summed E-state index contributed by atoms with van der Waals surface area (Å²) in [7, 11) is 0. The van der Waals surface area contributed by atoms with Crippen molar-refractivity contribution in [2.45, 2.75) is 6.92 Å². The summed E-state index contributed by atoms with van der Waals surface area (Å²) in [6.07, 6.45) is 0. The second-order valence-corrected chi connectivity index (χ2v) is 5.41. The molecule has 0 radical (unpaired) electrons. The number of halogens is 2. The average Bonchev–Trinajstić information content (AvgIpc) is 2.76. The molecule has 0 saturated heterocycles. The van der Waals surface area contributed by atoms with Crippen LogP contribution in [0.15, 0.2) is 23.6 Å². The second kappa shape index (κ2) is 5.18. The molecule has 2 aromatic rings. The van der Waals surface area contributed by atoms with Crippen LogP contribution in [0.2, 0.25) is 10.0 Å². The molecular weight excluding hydrogens is 291 g/mol. The number of carbonyl (C=O) groups excluding carboxylic acids is 1. The van der Waals surface area contributed by atoms with E-state index in [0.29, 0.717) is 26.3 Å². The van der Waals surface area contributed by atoms with Crippen molar-refractivity contribution >= 4 is 51.8 Å². The first-order valence-corrected chi connectivity index (χ1v) is 6.73. The van der Waals surface area contributed by atoms with Crippen molar-refractivity contribution in [2.24, 2.45) is 0 Å². The number of aryl methyl sites for hydroxylation is 1. The number of hydrogen-bond acceptors (Lipinski definition) is 3. The van der Waals surface area contributed by atoms with E-state index in [9.17, 15) is 4.79 Å². The van der Waals surface area contributed by atoms with E-state index in [2.05, 4.69) is 5.32 Å². The quantitative estimate of drug-likeness (QED) is 0.873. The minimum absolute atomic E-state index is 0.308. The predicted octanol–water partition coefficient (Wildman–Crippen LogP) is 4.20. The van der Waals surface area contributed by atoms with E-state index in [0.717, 1.165) is 5.56 Å². The van der Waals surface area contributed by atoms with Crippen LogP contribution in [0.5, 0.6) is 0 Å². The molecule has 3 nitrogen and oxygen atoms in total. The molecule has 0 aliphatic rings. The van der Waals surface area contributed by atoms with Gasteiger partial charge in [0.15, 0.2) is 0 Å². The third-order valence-corrected chi connectivity index (χ3v) is 4.16. The first kappa shape index (κ1) is 13.2. The van der Waals surface area contributed by atoms with Crippen molar-refractivity contribution in [2.75, 3.05) is 11.1 Å². The van der Waals surface area contributed by atoms with Gasteiger partial charge in [0, 0.05) is 0 Å². The lowest BCUT2D eigenvalue weighted by atomic mass is 10.2. The molecule has 0 aliphatic heterocycles. The standard InChI is InChI=1S/C12H10Cl2N2OS/c1-6-2-3-7(13)10(9(6)14)16-12(17)11-8(15)4-5-18-11/h2-5H,15H2,1H3,(H,16,17). The summed E-state index contributed by atoms with van der Waals surface area (Å²) in [5.74, 6) is -0.308. The normalized spacial score (nSPS) is 10.4. The maximum atomic E-state index is 12.0. The van der Waals surface area contributed by atoms with E-state index in [1.54, 1.807) is 23.6 Å². The summed E-state index contributed by atoms with van der Waals surface area (Å²) in [6.45, 7) is 1.84. The molecule has 1 aromatic heterocycles. The van der Waals surface area contributed by atoms with Gasteiger partial charge in [-0.05, 0) is 30.0 Å². The van der Waals surface area contributed by atoms with Crippen molar-refractivity contribution < 1.29 is 4.79 Å². The molecule has 0 bridgehead atoms. The molecule has 0 fully saturated rings. The van der Waals surface area contributed by atoms with Gasteiger partial charge in [0.1, 0.15) is 4.88 Å². The average molecular weight is 301 g/mol. The largest absolute Gasteiger partial charge is 0.397 e. The van der Waals surface area contributed by atoms with Crippen molar-refractivity contribution in [3.63, 3.8) is 0 Å². The number of nitrogen functional groups attached to an aromatic ring is 1. The summed E-state index contributed by atoms with van der Waals surface area (Å²) in [5.41, 5.74) is 7.38. The molecule has 0 aliphatic carbocycles. The summed E-state index contributed by atoms with van der Waals surface area (Å²) in [4.78, 5) is 12.5. The molecule has 1 aromatic carbocycles. The van der Waals surface area contributed by atoms with Crippen molar-refractivity contribution in [1.82, 2.24) is 0 Å². The van der Waals surface area contributed by atoms with E-state index in [1.807, 2.05) is 6.92 Å². The highest BCUT2D eigenvalue weighted by molar-refractivity contribution is 7.12. The number of benzene rings is 1. The molecule has 94 valence electrons. The molecule has 0 atom stereocenters. The molecule has 1 heterocycles. The Kier molecular flexibility index (Phi) is 3.80. The highest BCUT2D eigenvalue weighted by Crippen LogP contribution is 2.33. The Morgan fingerprint density at radius 2 is 2.06 bits per heavy atom. The van der Waals surface area contributed by atoms with Crippen LogP contribution in [0.4, 0.5) is 11.4 Å². The zero-order valence-corrected chi connectivity index (χ0v) is 11.8. The first-order valence-electron chi connectivity index (χ1n) is 5.09. The van der Waals surface area contributed by atoms with Gasteiger partial charge in [-0.3, -0.25) is 4.79 Å². The minimum Gasteiger partial charge on any atom is -0.397 e. The number of rotatable bonds is 2. The Bertz CT molecular complexity index is 610. The van der Waals surface area contributed by atoms with Gasteiger partial charge >= 0.3 is 0 Å².